The third-order valence-corrected chi connectivity index (χ3v) is 13.7. The first kappa shape index (κ1) is 39.0. The molecule has 268 valence electrons. The van der Waals surface area contributed by atoms with E-state index in [4.69, 9.17) is 23.2 Å². The molecule has 1 aromatic heterocycles. The van der Waals surface area contributed by atoms with Gasteiger partial charge < -0.3 is 10.1 Å². The van der Waals surface area contributed by atoms with Gasteiger partial charge >= 0.3 is 138 Å². The van der Waals surface area contributed by atoms with Crippen molar-refractivity contribution < 1.29 is 31.8 Å². The Labute approximate surface area is 319 Å². The Balaban J connectivity index is 0.000000168. The van der Waals surface area contributed by atoms with Crippen LogP contribution in [0.4, 0.5) is 14.5 Å². The summed E-state index contributed by atoms with van der Waals surface area (Å²) >= 11 is 11.3. The maximum atomic E-state index is 14.3. The molecule has 2 aliphatic rings. The van der Waals surface area contributed by atoms with Gasteiger partial charge in [0.1, 0.15) is 5.82 Å². The Bertz CT molecular complexity index is 2010. The predicted molar refractivity (Wildman–Crippen MR) is 204 cm³/mol. The summed E-state index contributed by atoms with van der Waals surface area (Å²) in [6, 6.07) is 25.0. The Kier molecular flexibility index (Phi) is 13.4. The number of hydrogen-bond donors (Lipinski definition) is 1. The van der Waals surface area contributed by atoms with Gasteiger partial charge in [-0.2, -0.15) is 11.4 Å². The minimum absolute atomic E-state index is 0.0309. The first-order chi connectivity index (χ1) is 24.4. The molecule has 0 aliphatic heterocycles. The van der Waals surface area contributed by atoms with Crippen molar-refractivity contribution in [2.75, 3.05) is 0 Å². The summed E-state index contributed by atoms with van der Waals surface area (Å²) in [6.07, 6.45) is 6.58. The molecule has 3 nitrogen and oxygen atoms in total. The molecular formula is C43H45Cl2F2N2OW-. The minimum atomic E-state index is -1.01. The molecule has 5 aromatic rings. The molecule has 0 unspecified atom stereocenters. The van der Waals surface area contributed by atoms with Gasteiger partial charge in [0.25, 0.3) is 0 Å². The van der Waals surface area contributed by atoms with Crippen LogP contribution in [0, 0.1) is 32.4 Å². The first-order valence-electron chi connectivity index (χ1n) is 17.5. The average molecular weight is 899 g/mol. The van der Waals surface area contributed by atoms with E-state index in [1.165, 1.54) is 11.6 Å². The molecule has 0 amide bonds. The number of phenolic OH excluding ortho intramolecular Hbond substituents is 1. The van der Waals surface area contributed by atoms with Gasteiger partial charge in [-0.05, 0) is 91.8 Å². The van der Waals surface area contributed by atoms with Crippen LogP contribution in [0.2, 0.25) is 10.0 Å². The summed E-state index contributed by atoms with van der Waals surface area (Å²) in [5.41, 5.74) is 9.90. The number of aromatic nitrogens is 1. The largest absolute Gasteiger partial charge is 0.665 e. The SMILES string of the molecule is CC(C)([CH]=[W]=[N]c1c(Cl)cccc1Cl)c1ccccc1.Cc1cc2c(cc1F)CCC[C@H]2c1c(O)c(F)cc2c1CCCC2.Cc1ccc(C)[n-]1. The van der Waals surface area contributed by atoms with Gasteiger partial charge in [-0.1, -0.05) is 32.0 Å². The smallest absolute Gasteiger partial charge is 0.165 e. The molecule has 0 saturated carbocycles. The maximum Gasteiger partial charge on any atom is 0.165 e. The van der Waals surface area contributed by atoms with Crippen LogP contribution in [0.3, 0.4) is 0 Å². The number of phenols is 1. The standard InChI is InChI=1S/C21H22F2O.C10H12.C6H3Cl2N.C6H8N.W/c1-12-9-17-14(10-18(12)22)6-4-8-16(17)20-15-7-3-2-5-13(15)11-19(23)21(20)24;1-10(2,3)9-7-5-4-6-8-9;7-4-2-1-3-5(8)6(4)9;1-5-3-4-6(2)7-5;/h9-11,16,24H,2-8H2,1H3;1,4-8H,2-3H3;1-3H;3-4H,1-2H3;/q;;;-1;/t16-;;;;/m1..../s1. The molecule has 1 heterocycles. The zero-order valence-electron chi connectivity index (χ0n) is 29.9. The molecule has 51 heavy (non-hydrogen) atoms. The number of hydrogen-bond acceptors (Lipinski definition) is 2. The molecule has 0 fully saturated rings. The number of nitrogens with zero attached hydrogens (tertiary/aromatic N) is 2. The van der Waals surface area contributed by atoms with E-state index in [9.17, 15) is 13.9 Å². The van der Waals surface area contributed by atoms with Gasteiger partial charge in [0.2, 0.25) is 0 Å². The van der Waals surface area contributed by atoms with Crippen LogP contribution in [0.25, 0.3) is 0 Å². The number of halogens is 4. The fourth-order valence-corrected chi connectivity index (χ4v) is 10.4. The van der Waals surface area contributed by atoms with Crippen molar-refractivity contribution in [2.24, 2.45) is 3.50 Å². The van der Waals surface area contributed by atoms with Crippen LogP contribution in [0.5, 0.6) is 5.75 Å². The van der Waals surface area contributed by atoms with E-state index in [0.717, 1.165) is 89.8 Å². The molecule has 0 saturated heterocycles. The van der Waals surface area contributed by atoms with Crippen molar-refractivity contribution in [3.05, 3.63) is 151 Å². The number of fused-ring (bicyclic) bond motifs is 2. The Hall–Kier alpha value is -3.24. The van der Waals surface area contributed by atoms with Gasteiger partial charge in [-0.3, -0.25) is 0 Å². The molecule has 1 N–H and O–H groups in total. The summed E-state index contributed by atoms with van der Waals surface area (Å²) in [5.74, 6) is -0.928. The molecule has 0 bridgehead atoms. The van der Waals surface area contributed by atoms with Crippen LogP contribution in [-0.2, 0) is 42.6 Å². The van der Waals surface area contributed by atoms with Crippen LogP contribution >= 0.6 is 23.2 Å². The van der Waals surface area contributed by atoms with Gasteiger partial charge in [0.15, 0.2) is 11.6 Å². The van der Waals surface area contributed by atoms with Crippen molar-refractivity contribution in [2.45, 2.75) is 90.9 Å². The zero-order chi connectivity index (χ0) is 36.7. The second-order valence-corrected chi connectivity index (χ2v) is 17.0. The van der Waals surface area contributed by atoms with Crippen LogP contribution in [0.15, 0.2) is 82.4 Å². The van der Waals surface area contributed by atoms with Gasteiger partial charge in [0.05, 0.1) is 0 Å². The summed E-state index contributed by atoms with van der Waals surface area (Å²) < 4.78 is 35.3. The molecule has 4 aromatic carbocycles. The monoisotopic (exact) mass is 897 g/mol. The van der Waals surface area contributed by atoms with E-state index in [1.807, 2.05) is 56.3 Å². The Morgan fingerprint density at radius 3 is 2.08 bits per heavy atom. The third-order valence-electron chi connectivity index (χ3n) is 9.57. The Morgan fingerprint density at radius 2 is 1.43 bits per heavy atom. The maximum absolute atomic E-state index is 14.3. The second-order valence-electron chi connectivity index (χ2n) is 13.9. The quantitative estimate of drug-likeness (QED) is 0.195. The summed E-state index contributed by atoms with van der Waals surface area (Å²) in [5, 5.41) is 11.8. The third kappa shape index (κ3) is 9.80. The zero-order valence-corrected chi connectivity index (χ0v) is 34.3. The first-order valence-corrected chi connectivity index (χ1v) is 21.2. The van der Waals surface area contributed by atoms with E-state index in [0.29, 0.717) is 15.6 Å². The molecule has 7 rings (SSSR count). The van der Waals surface area contributed by atoms with Crippen molar-refractivity contribution in [3.8, 4) is 5.75 Å². The average Bonchev–Trinajstić information content (AvgIpc) is 3.50. The Morgan fingerprint density at radius 1 is 0.804 bits per heavy atom. The molecule has 8 heteroatoms. The van der Waals surface area contributed by atoms with Crippen LogP contribution < -0.4 is 4.98 Å². The fraction of sp³-hybridized carbons (Fsp3) is 0.326. The van der Waals surface area contributed by atoms with Crippen molar-refractivity contribution in [1.29, 1.82) is 0 Å². The van der Waals surface area contributed by atoms with E-state index < -0.39 is 23.7 Å². The van der Waals surface area contributed by atoms with Gasteiger partial charge in [-0.25, -0.2) is 8.78 Å². The fourth-order valence-electron chi connectivity index (χ4n) is 6.82. The van der Waals surface area contributed by atoms with Crippen molar-refractivity contribution in [1.82, 2.24) is 4.98 Å². The minimum Gasteiger partial charge on any atom is -0.665 e. The molecule has 1 atom stereocenters. The molecular weight excluding hydrogens is 853 g/mol. The van der Waals surface area contributed by atoms with E-state index >= 15 is 0 Å². The molecule has 0 spiro atoms. The molecule has 0 radical (unpaired) electrons. The van der Waals surface area contributed by atoms with Crippen molar-refractivity contribution >= 4 is 33.3 Å². The van der Waals surface area contributed by atoms with E-state index in [2.05, 4.69) is 51.0 Å². The number of aromatic hydroxyl groups is 1. The van der Waals surface area contributed by atoms with Gasteiger partial charge in [-0.15, -0.1) is 0 Å². The van der Waals surface area contributed by atoms with E-state index in [-0.39, 0.29) is 22.9 Å². The predicted octanol–water partition coefficient (Wildman–Crippen LogP) is 12.3. The van der Waals surface area contributed by atoms with E-state index in [1.54, 1.807) is 13.0 Å². The number of aryl methyl sites for hydroxylation is 5. The second kappa shape index (κ2) is 17.5. The summed E-state index contributed by atoms with van der Waals surface area (Å²) in [4.78, 5) is 4.11. The molecule has 2 aliphatic carbocycles. The van der Waals surface area contributed by atoms with Crippen LogP contribution in [-0.4, -0.2) is 9.51 Å². The van der Waals surface area contributed by atoms with Crippen molar-refractivity contribution in [3.63, 3.8) is 0 Å². The topological polar surface area (TPSA) is 46.7 Å². The summed E-state index contributed by atoms with van der Waals surface area (Å²) in [6.45, 7) is 10.2. The number of benzene rings is 4. The summed E-state index contributed by atoms with van der Waals surface area (Å²) in [7, 11) is 0. The van der Waals surface area contributed by atoms with Crippen LogP contribution in [0.1, 0.15) is 95.8 Å². The number of rotatable bonds is 4. The van der Waals surface area contributed by atoms with Gasteiger partial charge in [0, 0.05) is 11.5 Å². The normalized spacial score (nSPS) is 14.9.